The van der Waals surface area contributed by atoms with Gasteiger partial charge in [-0.2, -0.15) is 23.1 Å². The van der Waals surface area contributed by atoms with Gasteiger partial charge in [-0.1, -0.05) is 6.92 Å². The van der Waals surface area contributed by atoms with E-state index < -0.39 is 19.3 Å². The van der Waals surface area contributed by atoms with Crippen molar-refractivity contribution in [3.8, 4) is 5.88 Å². The molecular weight excluding hydrogens is 730 g/mol. The number of alkyl halides is 3. The highest BCUT2D eigenvalue weighted by Gasteiger charge is 2.38. The van der Waals surface area contributed by atoms with Crippen molar-refractivity contribution in [2.24, 2.45) is 0 Å². The highest BCUT2D eigenvalue weighted by Crippen LogP contribution is 2.41. The van der Waals surface area contributed by atoms with Gasteiger partial charge in [0.15, 0.2) is 0 Å². The molecule has 18 heteroatoms. The van der Waals surface area contributed by atoms with Gasteiger partial charge >= 0.3 is 12.1 Å². The number of carboxylic acid groups (broad SMARTS) is 1. The van der Waals surface area contributed by atoms with Crippen molar-refractivity contribution in [2.75, 3.05) is 63.2 Å². The zero-order valence-corrected chi connectivity index (χ0v) is 30.3. The molecule has 4 heterocycles. The molecule has 13 nitrogen and oxygen atoms in total. The molecule has 5 rings (SSSR count). The van der Waals surface area contributed by atoms with Gasteiger partial charge in [-0.3, -0.25) is 9.97 Å². The molecule has 264 valence electrons. The summed E-state index contributed by atoms with van der Waals surface area (Å²) < 4.78 is 51.5. The first kappa shape index (κ1) is 37.7. The van der Waals surface area contributed by atoms with Crippen LogP contribution in [0.5, 0.6) is 5.88 Å². The van der Waals surface area contributed by atoms with Crippen LogP contribution in [-0.4, -0.2) is 101 Å². The van der Waals surface area contributed by atoms with E-state index in [2.05, 4.69) is 78.4 Å². The molecule has 0 saturated carbocycles. The van der Waals surface area contributed by atoms with Gasteiger partial charge in [0.2, 0.25) is 11.8 Å². The quantitative estimate of drug-likeness (QED) is 0.169. The van der Waals surface area contributed by atoms with Crippen LogP contribution in [0.4, 0.5) is 42.1 Å². The third-order valence-corrected chi connectivity index (χ3v) is 9.86. The van der Waals surface area contributed by atoms with E-state index in [0.29, 0.717) is 55.9 Å². The summed E-state index contributed by atoms with van der Waals surface area (Å²) in [7, 11) is 3.17. The van der Waals surface area contributed by atoms with E-state index in [0.717, 1.165) is 43.7 Å². The van der Waals surface area contributed by atoms with Crippen molar-refractivity contribution in [3.63, 3.8) is 0 Å². The van der Waals surface area contributed by atoms with Crippen LogP contribution >= 0.6 is 23.1 Å². The van der Waals surface area contributed by atoms with E-state index in [4.69, 9.17) is 24.6 Å². The van der Waals surface area contributed by atoms with E-state index in [1.54, 1.807) is 39.0 Å². The standard InChI is InChI=1S/C29H37BrN9O2P.C2HF3O2/c1-7-18-16-23(28(41-4)37-27(18)39-14-10-19(11-15-39)38(2)3)35-29-33-17-20(30)26(36-29)34-22-9-8-21-24(32-13-12-31-21)25(22)42(5,6)40;3-2(4,5)1(6)7/h8-9,12-13,16-17,19H,7,10-11,14-15H2,1-6H3,(H2,33,34,35,36);(H,6,7). The largest absolute Gasteiger partial charge is 0.490 e. The molecular formula is C31H38BrF3N9O4P. The zero-order chi connectivity index (χ0) is 36.1. The van der Waals surface area contributed by atoms with Crippen LogP contribution in [0.3, 0.4) is 0 Å². The number of carbonyl (C=O) groups is 1. The van der Waals surface area contributed by atoms with Gasteiger partial charge < -0.3 is 34.8 Å². The molecule has 0 aliphatic carbocycles. The zero-order valence-electron chi connectivity index (χ0n) is 27.8. The number of fused-ring (bicyclic) bond motifs is 1. The van der Waals surface area contributed by atoms with Crippen molar-refractivity contribution in [3.05, 3.63) is 46.8 Å². The van der Waals surface area contributed by atoms with E-state index in [-0.39, 0.29) is 0 Å². The van der Waals surface area contributed by atoms with Gasteiger partial charge in [0.05, 0.1) is 28.1 Å². The average Bonchev–Trinajstić information content (AvgIpc) is 3.05. The average molecular weight is 769 g/mol. The molecule has 49 heavy (non-hydrogen) atoms. The number of benzene rings is 1. The fourth-order valence-electron chi connectivity index (χ4n) is 5.33. The minimum atomic E-state index is -5.08. The number of nitrogens with zero attached hydrogens (tertiary/aromatic N) is 7. The lowest BCUT2D eigenvalue weighted by atomic mass is 10.0. The van der Waals surface area contributed by atoms with E-state index >= 15 is 0 Å². The summed E-state index contributed by atoms with van der Waals surface area (Å²) in [5, 5.41) is 14.4. The molecule has 1 aliphatic rings. The lowest BCUT2D eigenvalue weighted by Gasteiger charge is -2.36. The molecule has 0 atom stereocenters. The van der Waals surface area contributed by atoms with Crippen molar-refractivity contribution in [1.82, 2.24) is 29.8 Å². The third kappa shape index (κ3) is 9.34. The van der Waals surface area contributed by atoms with E-state index in [9.17, 15) is 17.7 Å². The maximum Gasteiger partial charge on any atom is 0.490 e. The Morgan fingerprint density at radius 2 is 1.76 bits per heavy atom. The second-order valence-corrected chi connectivity index (χ2v) is 15.7. The molecule has 1 saturated heterocycles. The lowest BCUT2D eigenvalue weighted by Crippen LogP contribution is -2.42. The molecule has 3 N–H and O–H groups in total. The molecule has 0 amide bonds. The normalized spacial score (nSPS) is 14.0. The molecule has 0 bridgehead atoms. The Morgan fingerprint density at radius 1 is 1.10 bits per heavy atom. The number of nitrogens with one attached hydrogen (secondary N) is 2. The van der Waals surface area contributed by atoms with Crippen molar-refractivity contribution in [2.45, 2.75) is 38.4 Å². The minimum absolute atomic E-state index is 0.362. The number of piperidine rings is 1. The van der Waals surface area contributed by atoms with Crippen LogP contribution in [0.15, 0.2) is 41.3 Å². The number of aromatic nitrogens is 5. The maximum atomic E-state index is 13.4. The van der Waals surface area contributed by atoms with Crippen molar-refractivity contribution >= 4 is 74.3 Å². The Hall–Kier alpha value is -4.08. The number of aliphatic carboxylic acids is 1. The first-order valence-corrected chi connectivity index (χ1v) is 18.6. The molecule has 0 unspecified atom stereocenters. The first-order valence-electron chi connectivity index (χ1n) is 15.2. The second kappa shape index (κ2) is 15.6. The smallest absolute Gasteiger partial charge is 0.479 e. The van der Waals surface area contributed by atoms with E-state index in [1.165, 1.54) is 0 Å². The number of rotatable bonds is 9. The third-order valence-electron chi connectivity index (χ3n) is 7.75. The Balaban J connectivity index is 0.000000698. The number of carboxylic acids is 1. The first-order chi connectivity index (χ1) is 23.0. The fraction of sp³-hybridized carbons (Fsp3) is 0.419. The molecule has 3 aromatic heterocycles. The fourth-order valence-corrected chi connectivity index (χ4v) is 7.02. The number of pyridine rings is 1. The van der Waals surface area contributed by atoms with Gasteiger partial charge in [-0.05, 0) is 86.4 Å². The van der Waals surface area contributed by atoms with Gasteiger partial charge in [-0.25, -0.2) is 9.78 Å². The Bertz CT molecular complexity index is 1850. The van der Waals surface area contributed by atoms with Gasteiger partial charge in [0.25, 0.3) is 0 Å². The van der Waals surface area contributed by atoms with Crippen LogP contribution in [0, 0.1) is 0 Å². The summed E-state index contributed by atoms with van der Waals surface area (Å²) >= 11 is 3.56. The number of halogens is 4. The predicted octanol–water partition coefficient (Wildman–Crippen LogP) is 6.05. The van der Waals surface area contributed by atoms with Crippen LogP contribution < -0.4 is 25.6 Å². The Morgan fingerprint density at radius 3 is 2.33 bits per heavy atom. The lowest BCUT2D eigenvalue weighted by molar-refractivity contribution is -0.192. The Kier molecular flexibility index (Phi) is 12.0. The SMILES string of the molecule is CCc1cc(Nc2ncc(Br)c(Nc3ccc4nccnc4c3P(C)(C)=O)n2)c(OC)nc1N1CCC(N(C)C)CC1.O=C(O)C(F)(F)F. The summed E-state index contributed by atoms with van der Waals surface area (Å²) in [4.78, 5) is 36.6. The Labute approximate surface area is 290 Å². The van der Waals surface area contributed by atoms with Crippen LogP contribution in [0.2, 0.25) is 0 Å². The summed E-state index contributed by atoms with van der Waals surface area (Å²) in [5.41, 5.74) is 3.75. The van der Waals surface area contributed by atoms with Crippen LogP contribution in [0.1, 0.15) is 25.3 Å². The highest BCUT2D eigenvalue weighted by atomic mass is 79.9. The predicted molar refractivity (Wildman–Crippen MR) is 188 cm³/mol. The molecule has 0 spiro atoms. The molecule has 0 radical (unpaired) electrons. The summed E-state index contributed by atoms with van der Waals surface area (Å²) in [6, 6.07) is 6.37. The van der Waals surface area contributed by atoms with Crippen LogP contribution in [-0.2, 0) is 15.8 Å². The van der Waals surface area contributed by atoms with Crippen molar-refractivity contribution < 1.29 is 32.4 Å². The molecule has 1 fully saturated rings. The molecule has 1 aliphatic heterocycles. The second-order valence-electron chi connectivity index (χ2n) is 11.7. The number of ether oxygens (including phenoxy) is 1. The van der Waals surface area contributed by atoms with Gasteiger partial charge in [0.1, 0.15) is 30.0 Å². The number of aryl methyl sites for hydroxylation is 1. The minimum Gasteiger partial charge on any atom is -0.479 e. The number of hydrogen-bond acceptors (Lipinski definition) is 12. The molecule has 4 aromatic rings. The van der Waals surface area contributed by atoms with Gasteiger partial charge in [0, 0.05) is 37.7 Å². The van der Waals surface area contributed by atoms with Crippen molar-refractivity contribution in [1.29, 1.82) is 0 Å². The number of hydrogen-bond donors (Lipinski definition) is 3. The van der Waals surface area contributed by atoms with Crippen LogP contribution in [0.25, 0.3) is 11.0 Å². The molecule has 1 aromatic carbocycles. The van der Waals surface area contributed by atoms with E-state index in [1.807, 2.05) is 12.1 Å². The topological polar surface area (TPSA) is 159 Å². The summed E-state index contributed by atoms with van der Waals surface area (Å²) in [6.07, 6.45) is 2.83. The highest BCUT2D eigenvalue weighted by molar-refractivity contribution is 9.10. The summed E-state index contributed by atoms with van der Waals surface area (Å²) in [6.45, 7) is 7.49. The maximum absolute atomic E-state index is 13.4. The summed E-state index contributed by atoms with van der Waals surface area (Å²) in [5.74, 6) is -0.445. The number of methoxy groups -OCH3 is 1. The monoisotopic (exact) mass is 767 g/mol. The number of anilines is 5. The van der Waals surface area contributed by atoms with Gasteiger partial charge in [-0.15, -0.1) is 0 Å².